The van der Waals surface area contributed by atoms with Gasteiger partial charge in [0.1, 0.15) is 0 Å². The zero-order valence-corrected chi connectivity index (χ0v) is 11.2. The molecule has 15 heavy (non-hydrogen) atoms. The lowest BCUT2D eigenvalue weighted by Crippen LogP contribution is -2.54. The molecule has 2 aliphatic rings. The zero-order valence-electron chi connectivity index (χ0n) is 11.2. The molecule has 1 aliphatic heterocycles. The van der Waals surface area contributed by atoms with Crippen molar-refractivity contribution in [2.75, 3.05) is 33.7 Å². The van der Waals surface area contributed by atoms with Crippen LogP contribution in [0.1, 0.15) is 40.0 Å². The number of nitrogens with zero attached hydrogens (tertiary/aromatic N) is 2. The minimum atomic E-state index is 0.680. The first kappa shape index (κ1) is 13.0. The number of rotatable bonds is 2. The van der Waals surface area contributed by atoms with E-state index in [0.717, 1.165) is 6.04 Å². The first-order valence-electron chi connectivity index (χ1n) is 6.57. The maximum atomic E-state index is 2.61. The predicted octanol–water partition coefficient (Wildman–Crippen LogP) is 2.45. The highest BCUT2D eigenvalue weighted by molar-refractivity contribution is 5.05. The minimum absolute atomic E-state index is 0.680. The molecule has 2 atom stereocenters. The van der Waals surface area contributed by atoms with Gasteiger partial charge in [-0.25, -0.2) is 0 Å². The van der Waals surface area contributed by atoms with Crippen LogP contribution in [0.25, 0.3) is 0 Å². The molecule has 2 nitrogen and oxygen atoms in total. The minimum Gasteiger partial charge on any atom is -0.306 e. The van der Waals surface area contributed by atoms with Gasteiger partial charge in [0.25, 0.3) is 0 Å². The Morgan fingerprint density at radius 2 is 1.93 bits per heavy atom. The molecule has 0 bridgehead atoms. The first-order chi connectivity index (χ1) is 7.18. The van der Waals surface area contributed by atoms with Crippen molar-refractivity contribution in [2.45, 2.75) is 46.1 Å². The molecule has 1 heterocycles. The van der Waals surface area contributed by atoms with Crippen LogP contribution in [0.15, 0.2) is 0 Å². The molecule has 2 unspecified atom stereocenters. The monoisotopic (exact) mass is 212 g/mol. The third-order valence-electron chi connectivity index (χ3n) is 4.16. The summed E-state index contributed by atoms with van der Waals surface area (Å²) >= 11 is 0. The molecule has 1 saturated carbocycles. The van der Waals surface area contributed by atoms with Gasteiger partial charge in [-0.3, -0.25) is 0 Å². The van der Waals surface area contributed by atoms with E-state index in [4.69, 9.17) is 0 Å². The van der Waals surface area contributed by atoms with Crippen molar-refractivity contribution in [1.29, 1.82) is 0 Å². The molecule has 0 amide bonds. The van der Waals surface area contributed by atoms with Gasteiger partial charge in [-0.2, -0.15) is 0 Å². The van der Waals surface area contributed by atoms with Crippen LogP contribution in [0.3, 0.4) is 0 Å². The van der Waals surface area contributed by atoms with E-state index < -0.39 is 0 Å². The fraction of sp³-hybridized carbons (Fsp3) is 1.00. The lowest BCUT2D eigenvalue weighted by atomic mass is 9.63. The molecule has 0 aromatic rings. The van der Waals surface area contributed by atoms with Crippen molar-refractivity contribution in [1.82, 2.24) is 9.80 Å². The highest BCUT2D eigenvalue weighted by Gasteiger charge is 2.50. The second kappa shape index (κ2) is 5.31. The Morgan fingerprint density at radius 1 is 1.27 bits per heavy atom. The van der Waals surface area contributed by atoms with E-state index in [1.807, 2.05) is 13.8 Å². The van der Waals surface area contributed by atoms with Gasteiger partial charge in [0.15, 0.2) is 0 Å². The lowest BCUT2D eigenvalue weighted by molar-refractivity contribution is 0.00752. The molecule has 0 radical (unpaired) electrons. The van der Waals surface area contributed by atoms with E-state index in [-0.39, 0.29) is 0 Å². The topological polar surface area (TPSA) is 6.48 Å². The fourth-order valence-corrected chi connectivity index (χ4v) is 3.22. The molecule has 1 spiro atoms. The highest BCUT2D eigenvalue weighted by atomic mass is 15.2. The van der Waals surface area contributed by atoms with E-state index in [2.05, 4.69) is 30.8 Å². The summed E-state index contributed by atoms with van der Waals surface area (Å²) in [6.45, 7) is 10.2. The van der Waals surface area contributed by atoms with E-state index >= 15 is 0 Å². The smallest absolute Gasteiger partial charge is 0.0159 e. The van der Waals surface area contributed by atoms with Gasteiger partial charge >= 0.3 is 0 Å². The average molecular weight is 212 g/mol. The van der Waals surface area contributed by atoms with Crippen molar-refractivity contribution in [3.05, 3.63) is 0 Å². The van der Waals surface area contributed by atoms with Crippen LogP contribution < -0.4 is 0 Å². The predicted molar refractivity (Wildman–Crippen MR) is 67.2 cm³/mol. The second-order valence-corrected chi connectivity index (χ2v) is 5.00. The molecule has 1 aliphatic carbocycles. The average Bonchev–Trinajstić information content (AvgIpc) is 2.64. The number of likely N-dealkylation sites (tertiary alicyclic amines) is 1. The highest BCUT2D eigenvalue weighted by Crippen LogP contribution is 2.49. The van der Waals surface area contributed by atoms with Crippen LogP contribution in [0, 0.1) is 5.41 Å². The van der Waals surface area contributed by atoms with Crippen LogP contribution in [0.5, 0.6) is 0 Å². The Bertz CT molecular complexity index is 191. The summed E-state index contributed by atoms with van der Waals surface area (Å²) in [7, 11) is 4.47. The molecular weight excluding hydrogens is 184 g/mol. The molecule has 0 aromatic heterocycles. The summed E-state index contributed by atoms with van der Waals surface area (Å²) in [6, 6.07) is 0.865. The lowest BCUT2D eigenvalue weighted by Gasteiger charge is -2.50. The summed E-state index contributed by atoms with van der Waals surface area (Å²) in [4.78, 5) is 5.04. The largest absolute Gasteiger partial charge is 0.306 e. The SMILES string of the molecule is CC.CCN1CCC2(CCC2N(C)C)C1. The van der Waals surface area contributed by atoms with Gasteiger partial charge in [0, 0.05) is 12.6 Å². The van der Waals surface area contributed by atoms with Gasteiger partial charge in [-0.05, 0) is 51.9 Å². The van der Waals surface area contributed by atoms with Gasteiger partial charge in [0.05, 0.1) is 0 Å². The maximum Gasteiger partial charge on any atom is 0.0159 e. The third kappa shape index (κ3) is 2.36. The standard InChI is InChI=1S/C11H22N2.C2H6/c1-4-13-8-7-11(9-13)6-5-10(11)12(2)3;1-2/h10H,4-9H2,1-3H3;1-2H3. The molecule has 90 valence electrons. The Kier molecular flexibility index (Phi) is 4.60. The van der Waals surface area contributed by atoms with Gasteiger partial charge < -0.3 is 9.80 Å². The third-order valence-corrected chi connectivity index (χ3v) is 4.16. The van der Waals surface area contributed by atoms with Crippen LogP contribution >= 0.6 is 0 Å². The van der Waals surface area contributed by atoms with E-state index in [9.17, 15) is 0 Å². The quantitative estimate of drug-likeness (QED) is 0.694. The van der Waals surface area contributed by atoms with Gasteiger partial charge in [-0.1, -0.05) is 20.8 Å². The first-order valence-corrected chi connectivity index (χ1v) is 6.57. The van der Waals surface area contributed by atoms with Crippen molar-refractivity contribution in [2.24, 2.45) is 5.41 Å². The summed E-state index contributed by atoms with van der Waals surface area (Å²) < 4.78 is 0. The molecular formula is C13H28N2. The van der Waals surface area contributed by atoms with Crippen LogP contribution in [-0.4, -0.2) is 49.6 Å². The van der Waals surface area contributed by atoms with E-state index in [0.29, 0.717) is 5.41 Å². The van der Waals surface area contributed by atoms with Gasteiger partial charge in [-0.15, -0.1) is 0 Å². The normalized spacial score (nSPS) is 35.2. The van der Waals surface area contributed by atoms with Gasteiger partial charge in [0.2, 0.25) is 0 Å². The van der Waals surface area contributed by atoms with E-state index in [1.165, 1.54) is 38.9 Å². The second-order valence-electron chi connectivity index (χ2n) is 5.00. The summed E-state index contributed by atoms with van der Waals surface area (Å²) in [5.74, 6) is 0. The Labute approximate surface area is 95.6 Å². The Morgan fingerprint density at radius 3 is 2.27 bits per heavy atom. The van der Waals surface area contributed by atoms with Crippen molar-refractivity contribution in [3.63, 3.8) is 0 Å². The van der Waals surface area contributed by atoms with E-state index in [1.54, 1.807) is 0 Å². The van der Waals surface area contributed by atoms with Crippen LogP contribution in [0.2, 0.25) is 0 Å². The van der Waals surface area contributed by atoms with Crippen LogP contribution in [-0.2, 0) is 0 Å². The van der Waals surface area contributed by atoms with Crippen molar-refractivity contribution in [3.8, 4) is 0 Å². The zero-order chi connectivity index (χ0) is 11.5. The Hall–Kier alpha value is -0.0800. The molecule has 1 saturated heterocycles. The molecule has 0 N–H and O–H groups in total. The van der Waals surface area contributed by atoms with Crippen molar-refractivity contribution < 1.29 is 0 Å². The Balaban J connectivity index is 0.000000531. The molecule has 2 heteroatoms. The molecule has 0 aromatic carbocycles. The molecule has 2 fully saturated rings. The number of hydrogen-bond acceptors (Lipinski definition) is 2. The summed E-state index contributed by atoms with van der Waals surface area (Å²) in [5, 5.41) is 0. The van der Waals surface area contributed by atoms with Crippen molar-refractivity contribution >= 4 is 0 Å². The molecule has 2 rings (SSSR count). The summed E-state index contributed by atoms with van der Waals surface area (Å²) in [6.07, 6.45) is 4.32. The maximum absolute atomic E-state index is 2.61. The van der Waals surface area contributed by atoms with Crippen LogP contribution in [0.4, 0.5) is 0 Å². The number of hydrogen-bond donors (Lipinski definition) is 0. The fourth-order valence-electron chi connectivity index (χ4n) is 3.22. The summed E-state index contributed by atoms with van der Waals surface area (Å²) in [5.41, 5.74) is 0.680.